The summed E-state index contributed by atoms with van der Waals surface area (Å²) in [5, 5.41) is 0.605. The van der Waals surface area contributed by atoms with Crippen LogP contribution < -0.4 is 9.64 Å². The van der Waals surface area contributed by atoms with Gasteiger partial charge in [-0.1, -0.05) is 11.6 Å². The largest absolute Gasteiger partial charge is 0.487 e. The van der Waals surface area contributed by atoms with Crippen molar-refractivity contribution in [3.05, 3.63) is 52.8 Å². The molecule has 1 fully saturated rings. The van der Waals surface area contributed by atoms with Crippen LogP contribution in [0.4, 0.5) is 5.69 Å². The fourth-order valence-electron chi connectivity index (χ4n) is 4.04. The fraction of sp³-hybridized carbons (Fsp3) is 0.381. The molecule has 1 aromatic carbocycles. The first kappa shape index (κ1) is 18.7. The maximum absolute atomic E-state index is 13.1. The highest BCUT2D eigenvalue weighted by molar-refractivity contribution is 6.31. The van der Waals surface area contributed by atoms with Gasteiger partial charge in [-0.2, -0.15) is 0 Å². The standard InChI is InChI=1S/C21H22ClN3O3/c1-13(26)24-7-6-16(12-24)28-17-9-15(10-23-11-17)25-20(27)18-5-4-14(22)8-19(18)21(25,2)3/h4-5,8-11,16H,6-7,12H2,1-3H3/t16-/m0/s1. The molecule has 2 amide bonds. The Balaban J connectivity index is 1.60. The van der Waals surface area contributed by atoms with E-state index in [-0.39, 0.29) is 17.9 Å². The second kappa shape index (κ2) is 6.78. The van der Waals surface area contributed by atoms with E-state index < -0.39 is 5.54 Å². The van der Waals surface area contributed by atoms with Crippen molar-refractivity contribution in [2.24, 2.45) is 0 Å². The van der Waals surface area contributed by atoms with Gasteiger partial charge in [-0.3, -0.25) is 19.5 Å². The summed E-state index contributed by atoms with van der Waals surface area (Å²) >= 11 is 6.16. The van der Waals surface area contributed by atoms with Gasteiger partial charge in [0.25, 0.3) is 5.91 Å². The maximum atomic E-state index is 13.1. The number of nitrogens with zero attached hydrogens (tertiary/aromatic N) is 3. The molecule has 7 heteroatoms. The van der Waals surface area contributed by atoms with Gasteiger partial charge in [-0.15, -0.1) is 0 Å². The Morgan fingerprint density at radius 2 is 2.07 bits per heavy atom. The van der Waals surface area contributed by atoms with Crippen LogP contribution in [0.25, 0.3) is 0 Å². The molecule has 3 heterocycles. The zero-order valence-electron chi connectivity index (χ0n) is 16.1. The van der Waals surface area contributed by atoms with Gasteiger partial charge in [-0.25, -0.2) is 0 Å². The van der Waals surface area contributed by atoms with Crippen LogP contribution >= 0.6 is 11.6 Å². The predicted octanol–water partition coefficient (Wildman–Crippen LogP) is 3.63. The van der Waals surface area contributed by atoms with Crippen LogP contribution in [0.5, 0.6) is 5.75 Å². The molecule has 0 saturated carbocycles. The minimum absolute atomic E-state index is 0.0545. The van der Waals surface area contributed by atoms with Crippen LogP contribution in [0, 0.1) is 0 Å². The van der Waals surface area contributed by atoms with E-state index in [1.165, 1.54) is 0 Å². The number of fused-ring (bicyclic) bond motifs is 1. The second-order valence-electron chi connectivity index (χ2n) is 7.76. The molecular weight excluding hydrogens is 378 g/mol. The van der Waals surface area contributed by atoms with Crippen LogP contribution in [0.1, 0.15) is 43.1 Å². The number of amides is 2. The molecular formula is C21H22ClN3O3. The first-order valence-corrected chi connectivity index (χ1v) is 9.67. The lowest BCUT2D eigenvalue weighted by molar-refractivity contribution is -0.128. The quantitative estimate of drug-likeness (QED) is 0.790. The molecule has 2 aliphatic heterocycles. The lowest BCUT2D eigenvalue weighted by Gasteiger charge is -2.32. The first-order chi connectivity index (χ1) is 13.3. The van der Waals surface area contributed by atoms with Crippen LogP contribution in [-0.4, -0.2) is 40.9 Å². The number of hydrogen-bond acceptors (Lipinski definition) is 4. The molecule has 4 rings (SSSR count). The number of rotatable bonds is 3. The van der Waals surface area contributed by atoms with E-state index >= 15 is 0 Å². The van der Waals surface area contributed by atoms with Gasteiger partial charge in [-0.05, 0) is 37.6 Å². The third kappa shape index (κ3) is 3.11. The van der Waals surface area contributed by atoms with Crippen LogP contribution in [0.15, 0.2) is 36.7 Å². The third-order valence-electron chi connectivity index (χ3n) is 5.48. The number of likely N-dealkylation sites (tertiary alicyclic amines) is 1. The second-order valence-corrected chi connectivity index (χ2v) is 8.20. The highest BCUT2D eigenvalue weighted by Gasteiger charge is 2.44. The van der Waals surface area contributed by atoms with Crippen LogP contribution in [0.3, 0.4) is 0 Å². The molecule has 0 unspecified atom stereocenters. The molecule has 0 spiro atoms. The number of anilines is 1. The number of carbonyl (C=O) groups excluding carboxylic acids is 2. The number of benzene rings is 1. The summed E-state index contributed by atoms with van der Waals surface area (Å²) in [6.07, 6.45) is 4.01. The van der Waals surface area contributed by atoms with Crippen molar-refractivity contribution in [1.29, 1.82) is 0 Å². The minimum atomic E-state index is -0.559. The lowest BCUT2D eigenvalue weighted by atomic mass is 9.93. The smallest absolute Gasteiger partial charge is 0.259 e. The number of halogens is 1. The molecule has 0 aliphatic carbocycles. The maximum Gasteiger partial charge on any atom is 0.259 e. The van der Waals surface area contributed by atoms with E-state index in [0.29, 0.717) is 35.1 Å². The van der Waals surface area contributed by atoms with Gasteiger partial charge in [0, 0.05) is 36.5 Å². The molecule has 6 nitrogen and oxygen atoms in total. The number of pyridine rings is 1. The summed E-state index contributed by atoms with van der Waals surface area (Å²) in [7, 11) is 0. The number of ether oxygens (including phenoxy) is 1. The molecule has 1 saturated heterocycles. The highest BCUT2D eigenvalue weighted by atomic mass is 35.5. The Morgan fingerprint density at radius 3 is 2.79 bits per heavy atom. The molecule has 2 aromatic rings. The summed E-state index contributed by atoms with van der Waals surface area (Å²) in [5.74, 6) is 0.559. The zero-order chi connectivity index (χ0) is 20.1. The summed E-state index contributed by atoms with van der Waals surface area (Å²) < 4.78 is 6.04. The molecule has 2 aliphatic rings. The predicted molar refractivity (Wildman–Crippen MR) is 107 cm³/mol. The molecule has 0 N–H and O–H groups in total. The molecule has 0 bridgehead atoms. The summed E-state index contributed by atoms with van der Waals surface area (Å²) in [6.45, 7) is 6.80. The Morgan fingerprint density at radius 1 is 1.29 bits per heavy atom. The van der Waals surface area contributed by atoms with Crippen molar-refractivity contribution in [3.8, 4) is 5.75 Å². The van der Waals surface area contributed by atoms with Gasteiger partial charge >= 0.3 is 0 Å². The Hall–Kier alpha value is -2.60. The lowest BCUT2D eigenvalue weighted by Crippen LogP contribution is -2.39. The van der Waals surface area contributed by atoms with E-state index in [1.807, 2.05) is 26.0 Å². The zero-order valence-corrected chi connectivity index (χ0v) is 16.9. The number of aromatic nitrogens is 1. The van der Waals surface area contributed by atoms with E-state index in [0.717, 1.165) is 12.0 Å². The van der Waals surface area contributed by atoms with Gasteiger partial charge in [0.15, 0.2) is 0 Å². The minimum Gasteiger partial charge on any atom is -0.487 e. The van der Waals surface area contributed by atoms with Gasteiger partial charge < -0.3 is 9.64 Å². The monoisotopic (exact) mass is 399 g/mol. The van der Waals surface area contributed by atoms with Gasteiger partial charge in [0.1, 0.15) is 11.9 Å². The van der Waals surface area contributed by atoms with Crippen molar-refractivity contribution in [1.82, 2.24) is 9.88 Å². The molecule has 1 atom stereocenters. The van der Waals surface area contributed by atoms with Gasteiger partial charge in [0.2, 0.25) is 5.91 Å². The first-order valence-electron chi connectivity index (χ1n) is 9.29. The third-order valence-corrected chi connectivity index (χ3v) is 5.72. The SMILES string of the molecule is CC(=O)N1CC[C@H](Oc2cncc(N3C(=O)c4ccc(Cl)cc4C3(C)C)c2)C1. The molecule has 146 valence electrons. The summed E-state index contributed by atoms with van der Waals surface area (Å²) in [4.78, 5) is 32.4. The van der Waals surface area contributed by atoms with Gasteiger partial charge in [0.05, 0.1) is 30.2 Å². The van der Waals surface area contributed by atoms with E-state index in [1.54, 1.807) is 41.2 Å². The van der Waals surface area contributed by atoms with Crippen molar-refractivity contribution < 1.29 is 14.3 Å². The van der Waals surface area contributed by atoms with E-state index in [4.69, 9.17) is 16.3 Å². The highest BCUT2D eigenvalue weighted by Crippen LogP contribution is 2.43. The van der Waals surface area contributed by atoms with Crippen molar-refractivity contribution in [3.63, 3.8) is 0 Å². The molecule has 1 aromatic heterocycles. The normalized spacial score (nSPS) is 20.4. The van der Waals surface area contributed by atoms with E-state index in [2.05, 4.69) is 4.98 Å². The summed E-state index contributed by atoms with van der Waals surface area (Å²) in [6, 6.07) is 7.18. The van der Waals surface area contributed by atoms with Crippen LogP contribution in [0.2, 0.25) is 5.02 Å². The average Bonchev–Trinajstić information content (AvgIpc) is 3.17. The molecule has 0 radical (unpaired) electrons. The topological polar surface area (TPSA) is 62.7 Å². The Kier molecular flexibility index (Phi) is 4.54. The van der Waals surface area contributed by atoms with E-state index in [9.17, 15) is 9.59 Å². The Bertz CT molecular complexity index is 960. The molecule has 28 heavy (non-hydrogen) atoms. The van der Waals surface area contributed by atoms with Crippen molar-refractivity contribution in [2.75, 3.05) is 18.0 Å². The number of carbonyl (C=O) groups is 2. The van der Waals surface area contributed by atoms with Crippen LogP contribution in [-0.2, 0) is 10.3 Å². The van der Waals surface area contributed by atoms with Crippen molar-refractivity contribution >= 4 is 29.1 Å². The van der Waals surface area contributed by atoms with Crippen molar-refractivity contribution in [2.45, 2.75) is 38.8 Å². The number of hydrogen-bond donors (Lipinski definition) is 0. The summed E-state index contributed by atoms with van der Waals surface area (Å²) in [5.41, 5.74) is 1.65. The average molecular weight is 400 g/mol. The Labute approximate surface area is 169 Å². The fourth-order valence-corrected chi connectivity index (χ4v) is 4.21.